The van der Waals surface area contributed by atoms with Gasteiger partial charge in [-0.2, -0.15) is 13.2 Å². The Morgan fingerprint density at radius 1 is 1.17 bits per heavy atom. The van der Waals surface area contributed by atoms with Crippen LogP contribution in [0.5, 0.6) is 0 Å². The van der Waals surface area contributed by atoms with Crippen LogP contribution in [0.25, 0.3) is 0 Å². The predicted octanol–water partition coefficient (Wildman–Crippen LogP) is 5.61. The molecule has 0 atom stereocenters. The van der Waals surface area contributed by atoms with Gasteiger partial charge in [0.25, 0.3) is 0 Å². The minimum absolute atomic E-state index is 0.0511. The fraction of sp³-hybridized carbons (Fsp3) is 0.350. The minimum Gasteiger partial charge on any atom is -0.325 e. The van der Waals surface area contributed by atoms with Crippen molar-refractivity contribution >= 4 is 45.4 Å². The van der Waals surface area contributed by atoms with Gasteiger partial charge in [-0.05, 0) is 55.3 Å². The zero-order chi connectivity index (χ0) is 20.5. The molecule has 1 fully saturated rings. The van der Waals surface area contributed by atoms with Gasteiger partial charge < -0.3 is 5.32 Å². The maximum Gasteiger partial charge on any atom is 0.416 e. The highest BCUT2D eigenvalue weighted by Crippen LogP contribution is 2.40. The lowest BCUT2D eigenvalue weighted by molar-refractivity contribution is -0.137. The molecule has 0 radical (unpaired) electrons. The lowest BCUT2D eigenvalue weighted by atomic mass is 10.1. The molecule has 0 unspecified atom stereocenters. The molecule has 1 aliphatic carbocycles. The van der Waals surface area contributed by atoms with Crippen LogP contribution in [0.4, 0.5) is 18.9 Å². The average Bonchev–Trinajstić information content (AvgIpc) is 3.41. The fourth-order valence-corrected chi connectivity index (χ4v) is 5.11. The number of alkyl halides is 3. The molecule has 0 saturated heterocycles. The smallest absolute Gasteiger partial charge is 0.325 e. The molecule has 0 bridgehead atoms. The van der Waals surface area contributed by atoms with E-state index in [0.29, 0.717) is 0 Å². The van der Waals surface area contributed by atoms with Crippen LogP contribution < -0.4 is 5.32 Å². The average molecular weight is 438 g/mol. The SMILES string of the molecule is O=C(CSC1=NC2(CCCC2)N=C1c1cccs1)Nc1cccc(C(F)(F)F)c1. The highest BCUT2D eigenvalue weighted by atomic mass is 32.2. The largest absolute Gasteiger partial charge is 0.416 e. The Bertz CT molecular complexity index is 962. The summed E-state index contributed by atoms with van der Waals surface area (Å²) in [6.45, 7) is 0. The summed E-state index contributed by atoms with van der Waals surface area (Å²) in [6.07, 6.45) is -0.474. The maximum absolute atomic E-state index is 12.8. The molecular weight excluding hydrogens is 419 g/mol. The highest BCUT2D eigenvalue weighted by molar-refractivity contribution is 8.16. The molecule has 1 aromatic heterocycles. The first-order valence-corrected chi connectivity index (χ1v) is 11.1. The molecular formula is C20H18F3N3OS2. The van der Waals surface area contributed by atoms with Gasteiger partial charge in [-0.25, -0.2) is 4.99 Å². The summed E-state index contributed by atoms with van der Waals surface area (Å²) >= 11 is 2.85. The lowest BCUT2D eigenvalue weighted by Crippen LogP contribution is -2.18. The first kappa shape index (κ1) is 20.2. The zero-order valence-corrected chi connectivity index (χ0v) is 17.0. The van der Waals surface area contributed by atoms with Crippen LogP contribution in [0.15, 0.2) is 51.8 Å². The molecule has 2 heterocycles. The van der Waals surface area contributed by atoms with Crippen molar-refractivity contribution in [1.82, 2.24) is 0 Å². The van der Waals surface area contributed by atoms with Gasteiger partial charge in [0.2, 0.25) is 5.91 Å². The van der Waals surface area contributed by atoms with Crippen molar-refractivity contribution in [2.24, 2.45) is 9.98 Å². The van der Waals surface area contributed by atoms with Crippen LogP contribution >= 0.6 is 23.1 Å². The van der Waals surface area contributed by atoms with E-state index in [4.69, 9.17) is 9.98 Å². The van der Waals surface area contributed by atoms with Crippen molar-refractivity contribution in [3.8, 4) is 0 Å². The van der Waals surface area contributed by atoms with Gasteiger partial charge in [0, 0.05) is 5.69 Å². The Morgan fingerprint density at radius 2 is 1.97 bits per heavy atom. The molecule has 1 aliphatic heterocycles. The number of hydrogen-bond donors (Lipinski definition) is 1. The Hall–Kier alpha value is -2.13. The van der Waals surface area contributed by atoms with Gasteiger partial charge in [0.05, 0.1) is 16.2 Å². The van der Waals surface area contributed by atoms with Crippen molar-refractivity contribution in [3.05, 3.63) is 52.2 Å². The third kappa shape index (κ3) is 4.56. The van der Waals surface area contributed by atoms with Crippen LogP contribution in [0.2, 0.25) is 0 Å². The summed E-state index contributed by atoms with van der Waals surface area (Å²) in [5.41, 5.74) is -0.255. The number of thioether (sulfide) groups is 1. The number of rotatable bonds is 4. The zero-order valence-electron chi connectivity index (χ0n) is 15.3. The van der Waals surface area contributed by atoms with Crippen LogP contribution in [-0.4, -0.2) is 28.1 Å². The molecule has 1 N–H and O–H groups in total. The van der Waals surface area contributed by atoms with Crippen molar-refractivity contribution < 1.29 is 18.0 Å². The van der Waals surface area contributed by atoms with Crippen LogP contribution in [-0.2, 0) is 11.0 Å². The summed E-state index contributed by atoms with van der Waals surface area (Å²) in [4.78, 5) is 23.1. The summed E-state index contributed by atoms with van der Waals surface area (Å²) < 4.78 is 38.5. The third-order valence-electron chi connectivity index (χ3n) is 4.80. The number of amides is 1. The van der Waals surface area contributed by atoms with Gasteiger partial charge in [-0.15, -0.1) is 11.3 Å². The first-order chi connectivity index (χ1) is 13.8. The standard InChI is InChI=1S/C20H18F3N3OS2/c21-20(22,23)13-5-3-6-14(11-13)24-16(27)12-29-18-17(15-7-4-10-28-15)25-19(26-18)8-1-2-9-19/h3-7,10-11H,1-2,8-9,12H2,(H,24,27). The second kappa shape index (κ2) is 7.95. The number of carbonyl (C=O) groups is 1. The third-order valence-corrected chi connectivity index (χ3v) is 6.65. The Labute approximate surface area is 174 Å². The molecule has 1 amide bonds. The van der Waals surface area contributed by atoms with E-state index in [1.165, 1.54) is 23.9 Å². The van der Waals surface area contributed by atoms with Crippen LogP contribution in [0.3, 0.4) is 0 Å². The number of thiophene rings is 1. The van der Waals surface area contributed by atoms with E-state index in [1.54, 1.807) is 11.3 Å². The molecule has 9 heteroatoms. The lowest BCUT2D eigenvalue weighted by Gasteiger charge is -2.14. The number of nitrogens with zero attached hydrogens (tertiary/aromatic N) is 2. The van der Waals surface area contributed by atoms with Crippen molar-refractivity contribution in [2.45, 2.75) is 37.5 Å². The molecule has 2 aliphatic rings. The van der Waals surface area contributed by atoms with E-state index in [0.717, 1.165) is 53.4 Å². The van der Waals surface area contributed by atoms with E-state index >= 15 is 0 Å². The van der Waals surface area contributed by atoms with Crippen molar-refractivity contribution in [1.29, 1.82) is 0 Å². The molecule has 29 heavy (non-hydrogen) atoms. The fourth-order valence-electron chi connectivity index (χ4n) is 3.47. The highest BCUT2D eigenvalue weighted by Gasteiger charge is 2.39. The van der Waals surface area contributed by atoms with Gasteiger partial charge in [-0.3, -0.25) is 9.79 Å². The van der Waals surface area contributed by atoms with Crippen LogP contribution in [0.1, 0.15) is 36.1 Å². The predicted molar refractivity (Wildman–Crippen MR) is 112 cm³/mol. The number of carbonyl (C=O) groups excluding carboxylic acids is 1. The first-order valence-electron chi connectivity index (χ1n) is 9.19. The Morgan fingerprint density at radius 3 is 2.66 bits per heavy atom. The number of nitrogens with one attached hydrogen (secondary N) is 1. The maximum atomic E-state index is 12.8. The molecule has 4 nitrogen and oxygen atoms in total. The molecule has 4 rings (SSSR count). The number of aliphatic imine (C=N–C) groups is 2. The molecule has 1 spiro atoms. The normalized spacial score (nSPS) is 18.0. The summed E-state index contributed by atoms with van der Waals surface area (Å²) in [6, 6.07) is 8.56. The summed E-state index contributed by atoms with van der Waals surface area (Å²) in [7, 11) is 0. The number of benzene rings is 1. The molecule has 1 aromatic carbocycles. The molecule has 152 valence electrons. The number of hydrogen-bond acceptors (Lipinski definition) is 5. The second-order valence-electron chi connectivity index (χ2n) is 6.96. The summed E-state index contributed by atoms with van der Waals surface area (Å²) in [5.74, 6) is -0.329. The van der Waals surface area contributed by atoms with E-state index in [9.17, 15) is 18.0 Å². The minimum atomic E-state index is -4.45. The Balaban J connectivity index is 1.44. The van der Waals surface area contributed by atoms with Crippen molar-refractivity contribution in [3.63, 3.8) is 0 Å². The van der Waals surface area contributed by atoms with Gasteiger partial charge >= 0.3 is 6.18 Å². The van der Waals surface area contributed by atoms with Gasteiger partial charge in [-0.1, -0.05) is 23.9 Å². The van der Waals surface area contributed by atoms with Gasteiger partial charge in [0.15, 0.2) is 5.66 Å². The van der Waals surface area contributed by atoms with Crippen LogP contribution in [0, 0.1) is 0 Å². The molecule has 1 saturated carbocycles. The van der Waals surface area contributed by atoms with E-state index < -0.39 is 17.4 Å². The second-order valence-corrected chi connectivity index (χ2v) is 8.87. The van der Waals surface area contributed by atoms with Gasteiger partial charge in [0.1, 0.15) is 10.8 Å². The van der Waals surface area contributed by atoms with E-state index in [-0.39, 0.29) is 17.3 Å². The number of halogens is 3. The van der Waals surface area contributed by atoms with Crippen molar-refractivity contribution in [2.75, 3.05) is 11.1 Å². The quantitative estimate of drug-likeness (QED) is 0.676. The monoisotopic (exact) mass is 437 g/mol. The molecule has 2 aromatic rings. The topological polar surface area (TPSA) is 53.8 Å². The van der Waals surface area contributed by atoms with E-state index in [1.807, 2.05) is 17.5 Å². The Kier molecular flexibility index (Phi) is 5.52. The summed E-state index contributed by atoms with van der Waals surface area (Å²) in [5, 5.41) is 5.24. The van der Waals surface area contributed by atoms with E-state index in [2.05, 4.69) is 5.32 Å². The number of anilines is 1.